The van der Waals surface area contributed by atoms with Gasteiger partial charge < -0.3 is 0 Å². The summed E-state index contributed by atoms with van der Waals surface area (Å²) in [6.07, 6.45) is 1.94. The van der Waals surface area contributed by atoms with Crippen molar-refractivity contribution < 1.29 is 0 Å². The Morgan fingerprint density at radius 1 is 0.571 bits per heavy atom. The smallest absolute Gasteiger partial charge is 0.0715 e. The van der Waals surface area contributed by atoms with Gasteiger partial charge in [0.2, 0.25) is 0 Å². The minimum Gasteiger partial charge on any atom is -0.256 e. The molecule has 0 fully saturated rings. The standard InChI is InChI=1S/C27H16N/c1-3-8-21-18(6-1)12-14-25-22(10-5-11-24(21)25)19-13-15-27-26(16-19)23-9-4-2-7-20(23)17-28-27/h1-12,14-17H. The predicted molar refractivity (Wildman–Crippen MR) is 119 cm³/mol. The van der Waals surface area contributed by atoms with Crippen molar-refractivity contribution in [3.63, 3.8) is 0 Å². The molecule has 1 heterocycles. The van der Waals surface area contributed by atoms with Crippen LogP contribution < -0.4 is 0 Å². The van der Waals surface area contributed by atoms with Crippen LogP contribution in [0.2, 0.25) is 0 Å². The van der Waals surface area contributed by atoms with Gasteiger partial charge in [-0.1, -0.05) is 78.9 Å². The second kappa shape index (κ2) is 5.90. The summed E-state index contributed by atoms with van der Waals surface area (Å²) in [5, 5.41) is 8.65. The number of aromatic nitrogens is 1. The highest BCUT2D eigenvalue weighted by atomic mass is 14.6. The Morgan fingerprint density at radius 3 is 2.21 bits per heavy atom. The van der Waals surface area contributed by atoms with Gasteiger partial charge in [-0.2, -0.15) is 0 Å². The molecule has 0 N–H and O–H groups in total. The predicted octanol–water partition coefficient (Wildman–Crippen LogP) is 7.16. The zero-order chi connectivity index (χ0) is 18.5. The molecule has 1 nitrogen and oxygen atoms in total. The SMILES string of the molecule is [c]1cc2ncc3ccccc3c2cc1-c1cccc2c1ccc1ccccc12. The van der Waals surface area contributed by atoms with E-state index in [1.165, 1.54) is 37.9 Å². The molecule has 1 aromatic heterocycles. The van der Waals surface area contributed by atoms with Crippen LogP contribution in [0.15, 0.2) is 97.2 Å². The van der Waals surface area contributed by atoms with E-state index < -0.39 is 0 Å². The molecule has 0 saturated carbocycles. The summed E-state index contributed by atoms with van der Waals surface area (Å²) in [5.74, 6) is 0. The van der Waals surface area contributed by atoms with Crippen LogP contribution in [0, 0.1) is 6.07 Å². The first kappa shape index (κ1) is 15.4. The van der Waals surface area contributed by atoms with E-state index in [1.54, 1.807) is 0 Å². The van der Waals surface area contributed by atoms with Gasteiger partial charge in [-0.15, -0.1) is 0 Å². The fourth-order valence-corrected chi connectivity index (χ4v) is 4.23. The molecule has 0 spiro atoms. The van der Waals surface area contributed by atoms with Gasteiger partial charge in [-0.25, -0.2) is 0 Å². The van der Waals surface area contributed by atoms with E-state index in [2.05, 4.69) is 96.0 Å². The second-order valence-corrected chi connectivity index (χ2v) is 7.18. The molecule has 0 aliphatic heterocycles. The van der Waals surface area contributed by atoms with Gasteiger partial charge >= 0.3 is 0 Å². The lowest BCUT2D eigenvalue weighted by molar-refractivity contribution is 1.44. The van der Waals surface area contributed by atoms with E-state index in [-0.39, 0.29) is 0 Å². The lowest BCUT2D eigenvalue weighted by Gasteiger charge is -2.11. The van der Waals surface area contributed by atoms with Gasteiger partial charge in [0.1, 0.15) is 0 Å². The molecule has 0 amide bonds. The van der Waals surface area contributed by atoms with E-state index in [1.807, 2.05) is 12.3 Å². The van der Waals surface area contributed by atoms with Crippen molar-refractivity contribution >= 4 is 43.2 Å². The van der Waals surface area contributed by atoms with Crippen LogP contribution in [0.1, 0.15) is 0 Å². The maximum atomic E-state index is 4.62. The number of pyridine rings is 1. The third-order valence-electron chi connectivity index (χ3n) is 5.60. The fraction of sp³-hybridized carbons (Fsp3) is 0. The van der Waals surface area contributed by atoms with Crippen LogP contribution in [0.5, 0.6) is 0 Å². The molecule has 1 radical (unpaired) electrons. The van der Waals surface area contributed by atoms with E-state index in [0.717, 1.165) is 16.5 Å². The van der Waals surface area contributed by atoms with E-state index in [4.69, 9.17) is 0 Å². The van der Waals surface area contributed by atoms with E-state index in [9.17, 15) is 0 Å². The second-order valence-electron chi connectivity index (χ2n) is 7.18. The fourth-order valence-electron chi connectivity index (χ4n) is 4.23. The Morgan fingerprint density at radius 2 is 1.32 bits per heavy atom. The Bertz CT molecular complexity index is 1510. The topological polar surface area (TPSA) is 12.9 Å². The van der Waals surface area contributed by atoms with E-state index in [0.29, 0.717) is 0 Å². The summed E-state index contributed by atoms with van der Waals surface area (Å²) in [4.78, 5) is 4.62. The number of rotatable bonds is 1. The van der Waals surface area contributed by atoms with Crippen LogP contribution in [0.3, 0.4) is 0 Å². The Labute approximate surface area is 162 Å². The van der Waals surface area contributed by atoms with Crippen molar-refractivity contribution in [2.75, 3.05) is 0 Å². The highest BCUT2D eigenvalue weighted by molar-refractivity contribution is 6.13. The number of fused-ring (bicyclic) bond motifs is 6. The largest absolute Gasteiger partial charge is 0.256 e. The Kier molecular flexibility index (Phi) is 3.24. The molecule has 5 aromatic carbocycles. The van der Waals surface area contributed by atoms with Crippen molar-refractivity contribution in [3.8, 4) is 11.1 Å². The zero-order valence-corrected chi connectivity index (χ0v) is 15.2. The Hall–Kier alpha value is -3.71. The summed E-state index contributed by atoms with van der Waals surface area (Å²) in [5.41, 5.74) is 3.29. The molecule has 129 valence electrons. The summed E-state index contributed by atoms with van der Waals surface area (Å²) >= 11 is 0. The number of nitrogens with zero attached hydrogens (tertiary/aromatic N) is 1. The quantitative estimate of drug-likeness (QED) is 0.285. The number of hydrogen-bond donors (Lipinski definition) is 0. The minimum absolute atomic E-state index is 0.980. The molecule has 0 saturated heterocycles. The van der Waals surface area contributed by atoms with Crippen molar-refractivity contribution in [1.29, 1.82) is 0 Å². The maximum Gasteiger partial charge on any atom is 0.0715 e. The highest BCUT2D eigenvalue weighted by Gasteiger charge is 2.09. The van der Waals surface area contributed by atoms with Gasteiger partial charge in [0, 0.05) is 17.0 Å². The average Bonchev–Trinajstić information content (AvgIpc) is 2.78. The van der Waals surface area contributed by atoms with Crippen molar-refractivity contribution in [1.82, 2.24) is 4.98 Å². The molecule has 0 bridgehead atoms. The van der Waals surface area contributed by atoms with Crippen LogP contribution in [0.4, 0.5) is 0 Å². The normalized spacial score (nSPS) is 11.6. The molecule has 0 atom stereocenters. The molecule has 0 aliphatic rings. The van der Waals surface area contributed by atoms with Crippen molar-refractivity contribution in [3.05, 3.63) is 103 Å². The maximum absolute atomic E-state index is 4.62. The molecule has 28 heavy (non-hydrogen) atoms. The van der Waals surface area contributed by atoms with Crippen LogP contribution >= 0.6 is 0 Å². The van der Waals surface area contributed by atoms with Gasteiger partial charge in [0.25, 0.3) is 0 Å². The van der Waals surface area contributed by atoms with Crippen LogP contribution in [0.25, 0.3) is 54.3 Å². The molecular formula is C27H16N. The van der Waals surface area contributed by atoms with Crippen molar-refractivity contribution in [2.45, 2.75) is 0 Å². The summed E-state index contributed by atoms with van der Waals surface area (Å²) in [6.45, 7) is 0. The molecule has 6 rings (SSSR count). The third kappa shape index (κ3) is 2.23. The monoisotopic (exact) mass is 354 g/mol. The van der Waals surface area contributed by atoms with Gasteiger partial charge in [0.05, 0.1) is 5.52 Å². The van der Waals surface area contributed by atoms with Gasteiger partial charge in [0.15, 0.2) is 0 Å². The van der Waals surface area contributed by atoms with Crippen molar-refractivity contribution in [2.24, 2.45) is 0 Å². The van der Waals surface area contributed by atoms with Crippen LogP contribution in [-0.4, -0.2) is 4.98 Å². The van der Waals surface area contributed by atoms with Gasteiger partial charge in [-0.3, -0.25) is 4.98 Å². The molecule has 6 aromatic rings. The summed E-state index contributed by atoms with van der Waals surface area (Å²) in [7, 11) is 0. The number of benzene rings is 5. The minimum atomic E-state index is 0.980. The Balaban J connectivity index is 1.68. The molecule has 0 aliphatic carbocycles. The molecular weight excluding hydrogens is 338 g/mol. The zero-order valence-electron chi connectivity index (χ0n) is 15.2. The highest BCUT2D eigenvalue weighted by Crippen LogP contribution is 2.35. The average molecular weight is 354 g/mol. The first-order valence-corrected chi connectivity index (χ1v) is 9.48. The van der Waals surface area contributed by atoms with Crippen LogP contribution in [-0.2, 0) is 0 Å². The van der Waals surface area contributed by atoms with E-state index >= 15 is 0 Å². The lowest BCUT2D eigenvalue weighted by atomic mass is 9.93. The summed E-state index contributed by atoms with van der Waals surface area (Å²) < 4.78 is 0. The summed E-state index contributed by atoms with van der Waals surface area (Å²) in [6, 6.07) is 35.7. The lowest BCUT2D eigenvalue weighted by Crippen LogP contribution is -1.86. The third-order valence-corrected chi connectivity index (χ3v) is 5.60. The molecule has 1 heteroatoms. The first-order chi connectivity index (χ1) is 13.9. The first-order valence-electron chi connectivity index (χ1n) is 9.48. The van der Waals surface area contributed by atoms with Gasteiger partial charge in [-0.05, 0) is 56.3 Å². The molecule has 0 unspecified atom stereocenters. The number of hydrogen-bond acceptors (Lipinski definition) is 1.